The van der Waals surface area contributed by atoms with Crippen LogP contribution in [0.1, 0.15) is 45.4 Å². The normalized spacial score (nSPS) is 38.1. The molecule has 0 aliphatic heterocycles. The van der Waals surface area contributed by atoms with E-state index >= 15 is 0 Å². The van der Waals surface area contributed by atoms with Crippen LogP contribution in [0.4, 0.5) is 0 Å². The van der Waals surface area contributed by atoms with E-state index in [1.54, 1.807) is 0 Å². The molecule has 0 spiro atoms. The van der Waals surface area contributed by atoms with Crippen molar-refractivity contribution in [3.05, 3.63) is 0 Å². The summed E-state index contributed by atoms with van der Waals surface area (Å²) in [6, 6.07) is 0.404. The molecule has 0 saturated heterocycles. The summed E-state index contributed by atoms with van der Waals surface area (Å²) in [4.78, 5) is 12.1. The molecule has 102 valence electrons. The van der Waals surface area contributed by atoms with Gasteiger partial charge in [0.2, 0.25) is 0 Å². The molecule has 0 heterocycles. The van der Waals surface area contributed by atoms with Crippen molar-refractivity contribution < 1.29 is 9.53 Å². The van der Waals surface area contributed by atoms with Gasteiger partial charge in [-0.25, -0.2) is 0 Å². The highest BCUT2D eigenvalue weighted by Crippen LogP contribution is 2.49. The maximum Gasteiger partial charge on any atom is 0.310 e. The Morgan fingerprint density at radius 3 is 2.72 bits per heavy atom. The number of carbonyl (C=O) groups excluding carboxylic acids is 1. The van der Waals surface area contributed by atoms with Gasteiger partial charge < -0.3 is 10.1 Å². The first kappa shape index (κ1) is 12.5. The standard InChI is InChI=1S/C15H25NO2/c1-2-18-15(17)13-11-5-6-12(9-11)14(13)16-8-7-10-3-4-10/h10-14,16H,2-9H2,1H3. The summed E-state index contributed by atoms with van der Waals surface area (Å²) in [5.41, 5.74) is 0. The number of rotatable bonds is 6. The highest BCUT2D eigenvalue weighted by molar-refractivity contribution is 5.74. The topological polar surface area (TPSA) is 38.3 Å². The molecular formula is C15H25NO2. The lowest BCUT2D eigenvalue weighted by atomic mass is 9.84. The maximum atomic E-state index is 12.1. The molecule has 3 aliphatic rings. The largest absolute Gasteiger partial charge is 0.466 e. The van der Waals surface area contributed by atoms with Crippen molar-refractivity contribution >= 4 is 5.97 Å². The monoisotopic (exact) mass is 251 g/mol. The van der Waals surface area contributed by atoms with Gasteiger partial charge >= 0.3 is 5.97 Å². The van der Waals surface area contributed by atoms with Gasteiger partial charge in [0.05, 0.1) is 12.5 Å². The summed E-state index contributed by atoms with van der Waals surface area (Å²) in [6.07, 6.45) is 7.91. The van der Waals surface area contributed by atoms with Crippen LogP contribution in [0.2, 0.25) is 0 Å². The van der Waals surface area contributed by atoms with Gasteiger partial charge in [0, 0.05) is 6.04 Å². The molecule has 0 aromatic carbocycles. The van der Waals surface area contributed by atoms with Crippen LogP contribution in [-0.4, -0.2) is 25.2 Å². The summed E-state index contributed by atoms with van der Waals surface area (Å²) in [7, 11) is 0. The van der Waals surface area contributed by atoms with Crippen LogP contribution < -0.4 is 5.32 Å². The summed E-state index contributed by atoms with van der Waals surface area (Å²) >= 11 is 0. The molecule has 0 aromatic rings. The predicted octanol–water partition coefficient (Wildman–Crippen LogP) is 2.35. The lowest BCUT2D eigenvalue weighted by Crippen LogP contribution is -2.45. The van der Waals surface area contributed by atoms with Gasteiger partial charge in [-0.15, -0.1) is 0 Å². The highest BCUT2D eigenvalue weighted by Gasteiger charge is 2.51. The number of esters is 1. The van der Waals surface area contributed by atoms with Crippen LogP contribution in [0.25, 0.3) is 0 Å². The van der Waals surface area contributed by atoms with Gasteiger partial charge in [-0.1, -0.05) is 12.8 Å². The van der Waals surface area contributed by atoms with E-state index in [1.165, 1.54) is 38.5 Å². The Labute approximate surface area is 110 Å². The number of ether oxygens (including phenoxy) is 1. The predicted molar refractivity (Wildman–Crippen MR) is 70.1 cm³/mol. The van der Waals surface area contributed by atoms with Crippen LogP contribution in [0, 0.1) is 23.7 Å². The van der Waals surface area contributed by atoms with Gasteiger partial charge in [-0.3, -0.25) is 4.79 Å². The molecule has 3 rings (SSSR count). The van der Waals surface area contributed by atoms with E-state index in [1.807, 2.05) is 6.92 Å². The zero-order valence-corrected chi connectivity index (χ0v) is 11.4. The number of carbonyl (C=O) groups is 1. The SMILES string of the molecule is CCOC(=O)C1C2CCC(C2)C1NCCC1CC1. The molecule has 0 amide bonds. The molecule has 4 atom stereocenters. The van der Waals surface area contributed by atoms with Crippen molar-refractivity contribution in [2.45, 2.75) is 51.5 Å². The molecule has 3 aliphatic carbocycles. The van der Waals surface area contributed by atoms with Gasteiger partial charge in [0.15, 0.2) is 0 Å². The first-order chi connectivity index (χ1) is 8.79. The van der Waals surface area contributed by atoms with Crippen LogP contribution in [-0.2, 0) is 9.53 Å². The molecule has 3 heteroatoms. The smallest absolute Gasteiger partial charge is 0.310 e. The van der Waals surface area contributed by atoms with E-state index in [0.717, 1.165) is 18.4 Å². The Morgan fingerprint density at radius 2 is 2.00 bits per heavy atom. The average Bonchev–Trinajstić information content (AvgIpc) is 2.96. The lowest BCUT2D eigenvalue weighted by Gasteiger charge is -2.30. The number of hydrogen-bond acceptors (Lipinski definition) is 3. The minimum absolute atomic E-state index is 0.0496. The molecule has 3 saturated carbocycles. The van der Waals surface area contributed by atoms with Gasteiger partial charge in [-0.2, -0.15) is 0 Å². The minimum Gasteiger partial charge on any atom is -0.466 e. The molecule has 3 fully saturated rings. The highest BCUT2D eigenvalue weighted by atomic mass is 16.5. The molecule has 18 heavy (non-hydrogen) atoms. The first-order valence-electron chi connectivity index (χ1n) is 7.69. The fraction of sp³-hybridized carbons (Fsp3) is 0.933. The van der Waals surface area contributed by atoms with Gasteiger partial charge in [0.1, 0.15) is 0 Å². The van der Waals surface area contributed by atoms with Crippen LogP contribution >= 0.6 is 0 Å². The number of hydrogen-bond donors (Lipinski definition) is 1. The molecule has 1 N–H and O–H groups in total. The second-order valence-electron chi connectivity index (χ2n) is 6.32. The van der Waals surface area contributed by atoms with E-state index in [0.29, 0.717) is 18.6 Å². The average molecular weight is 251 g/mol. The quantitative estimate of drug-likeness (QED) is 0.736. The number of fused-ring (bicyclic) bond motifs is 2. The van der Waals surface area contributed by atoms with E-state index in [4.69, 9.17) is 4.74 Å². The third-order valence-corrected chi connectivity index (χ3v) is 5.10. The first-order valence-corrected chi connectivity index (χ1v) is 7.69. The van der Waals surface area contributed by atoms with Crippen molar-refractivity contribution in [1.29, 1.82) is 0 Å². The molecule has 0 aromatic heterocycles. The van der Waals surface area contributed by atoms with Crippen molar-refractivity contribution in [3.63, 3.8) is 0 Å². The summed E-state index contributed by atoms with van der Waals surface area (Å²) in [6.45, 7) is 3.51. The minimum atomic E-state index is 0.0496. The summed E-state index contributed by atoms with van der Waals surface area (Å²) in [5.74, 6) is 2.48. The molecule has 2 bridgehead atoms. The van der Waals surface area contributed by atoms with Crippen molar-refractivity contribution in [1.82, 2.24) is 5.32 Å². The Morgan fingerprint density at radius 1 is 1.22 bits per heavy atom. The third kappa shape index (κ3) is 2.42. The van der Waals surface area contributed by atoms with E-state index < -0.39 is 0 Å². The van der Waals surface area contributed by atoms with Gasteiger partial charge in [0.25, 0.3) is 0 Å². The van der Waals surface area contributed by atoms with Gasteiger partial charge in [-0.05, 0) is 56.9 Å². The van der Waals surface area contributed by atoms with Crippen molar-refractivity contribution in [2.75, 3.05) is 13.2 Å². The van der Waals surface area contributed by atoms with E-state index in [9.17, 15) is 4.79 Å². The fourth-order valence-corrected chi connectivity index (χ4v) is 4.02. The molecule has 0 radical (unpaired) electrons. The summed E-state index contributed by atoms with van der Waals surface area (Å²) in [5, 5.41) is 3.67. The molecular weight excluding hydrogens is 226 g/mol. The Kier molecular flexibility index (Phi) is 3.60. The fourth-order valence-electron chi connectivity index (χ4n) is 4.02. The van der Waals surface area contributed by atoms with E-state index in [-0.39, 0.29) is 11.9 Å². The number of nitrogens with one attached hydrogen (secondary N) is 1. The molecule has 4 unspecified atom stereocenters. The summed E-state index contributed by atoms with van der Waals surface area (Å²) < 4.78 is 5.27. The van der Waals surface area contributed by atoms with Crippen molar-refractivity contribution in [3.8, 4) is 0 Å². The lowest BCUT2D eigenvalue weighted by molar-refractivity contribution is -0.150. The van der Waals surface area contributed by atoms with E-state index in [2.05, 4.69) is 5.32 Å². The zero-order chi connectivity index (χ0) is 12.5. The molecule has 3 nitrogen and oxygen atoms in total. The van der Waals surface area contributed by atoms with Crippen LogP contribution in [0.5, 0.6) is 0 Å². The third-order valence-electron chi connectivity index (χ3n) is 5.10. The Bertz CT molecular complexity index is 314. The van der Waals surface area contributed by atoms with Crippen LogP contribution in [0.15, 0.2) is 0 Å². The second kappa shape index (κ2) is 5.20. The zero-order valence-electron chi connectivity index (χ0n) is 11.4. The van der Waals surface area contributed by atoms with Crippen LogP contribution in [0.3, 0.4) is 0 Å². The Balaban J connectivity index is 1.56. The maximum absolute atomic E-state index is 12.1. The second-order valence-corrected chi connectivity index (χ2v) is 6.32. The van der Waals surface area contributed by atoms with Crippen molar-refractivity contribution in [2.24, 2.45) is 23.7 Å². The Hall–Kier alpha value is -0.570.